The quantitative estimate of drug-likeness (QED) is 0.631. The first-order valence-corrected chi connectivity index (χ1v) is 4.81. The summed E-state index contributed by atoms with van der Waals surface area (Å²) in [7, 11) is 0. The van der Waals surface area contributed by atoms with Crippen LogP contribution in [-0.2, 0) is 5.41 Å². The summed E-state index contributed by atoms with van der Waals surface area (Å²) in [4.78, 5) is 19.9. The van der Waals surface area contributed by atoms with Gasteiger partial charge >= 0.3 is 0 Å². The molecule has 0 aliphatic carbocycles. The molecule has 1 rings (SSSR count). The number of nitro groups is 2. The van der Waals surface area contributed by atoms with Gasteiger partial charge < -0.3 is 5.11 Å². The van der Waals surface area contributed by atoms with Gasteiger partial charge in [0.25, 0.3) is 11.4 Å². The van der Waals surface area contributed by atoms with Crippen molar-refractivity contribution in [3.63, 3.8) is 0 Å². The number of hydrogen-bond acceptors (Lipinski definition) is 5. The Morgan fingerprint density at radius 2 is 1.65 bits per heavy atom. The molecule has 0 amide bonds. The highest BCUT2D eigenvalue weighted by atomic mass is 16.6. The molecular formula is C10H12N2O5. The van der Waals surface area contributed by atoms with Crippen LogP contribution in [0.2, 0.25) is 0 Å². The Kier molecular flexibility index (Phi) is 3.03. The van der Waals surface area contributed by atoms with Crippen molar-refractivity contribution in [3.8, 4) is 5.75 Å². The lowest BCUT2D eigenvalue weighted by Crippen LogP contribution is -2.14. The molecule has 0 aromatic heterocycles. The van der Waals surface area contributed by atoms with Gasteiger partial charge in [0, 0.05) is 0 Å². The highest BCUT2D eigenvalue weighted by Crippen LogP contribution is 2.40. The van der Waals surface area contributed by atoms with Gasteiger partial charge in [-0.05, 0) is 5.41 Å². The zero-order chi connectivity index (χ0) is 13.4. The fourth-order valence-electron chi connectivity index (χ4n) is 1.62. The number of benzene rings is 1. The minimum Gasteiger partial charge on any atom is -0.507 e. The van der Waals surface area contributed by atoms with Crippen LogP contribution in [0.5, 0.6) is 5.75 Å². The van der Waals surface area contributed by atoms with Gasteiger partial charge in [0.2, 0.25) is 0 Å². The molecule has 0 aliphatic rings. The maximum Gasteiger partial charge on any atom is 0.283 e. The van der Waals surface area contributed by atoms with Gasteiger partial charge in [-0.25, -0.2) is 0 Å². The van der Waals surface area contributed by atoms with Crippen molar-refractivity contribution in [1.82, 2.24) is 0 Å². The van der Waals surface area contributed by atoms with Crippen LogP contribution in [0.15, 0.2) is 12.1 Å². The van der Waals surface area contributed by atoms with E-state index in [9.17, 15) is 25.3 Å². The van der Waals surface area contributed by atoms with E-state index in [-0.39, 0.29) is 5.56 Å². The van der Waals surface area contributed by atoms with Crippen LogP contribution < -0.4 is 0 Å². The van der Waals surface area contributed by atoms with Crippen LogP contribution >= 0.6 is 0 Å². The lowest BCUT2D eigenvalue weighted by Gasteiger charge is -2.19. The predicted octanol–water partition coefficient (Wildman–Crippen LogP) is 2.51. The Morgan fingerprint density at radius 3 is 2.00 bits per heavy atom. The second-order valence-corrected chi connectivity index (χ2v) is 4.62. The minimum absolute atomic E-state index is 0.0908. The Hall–Kier alpha value is -2.18. The molecule has 1 aromatic carbocycles. The normalized spacial score (nSPS) is 11.2. The molecule has 0 bridgehead atoms. The van der Waals surface area contributed by atoms with Crippen molar-refractivity contribution in [2.75, 3.05) is 0 Å². The topological polar surface area (TPSA) is 107 Å². The summed E-state index contributed by atoms with van der Waals surface area (Å²) >= 11 is 0. The zero-order valence-corrected chi connectivity index (χ0v) is 9.63. The van der Waals surface area contributed by atoms with E-state index in [0.29, 0.717) is 0 Å². The molecule has 0 aliphatic heterocycles. The molecule has 0 saturated heterocycles. The fraction of sp³-hybridized carbons (Fsp3) is 0.400. The van der Waals surface area contributed by atoms with E-state index in [4.69, 9.17) is 0 Å². The molecule has 92 valence electrons. The van der Waals surface area contributed by atoms with Crippen molar-refractivity contribution in [1.29, 1.82) is 0 Å². The Balaban J connectivity index is 3.61. The largest absolute Gasteiger partial charge is 0.507 e. The summed E-state index contributed by atoms with van der Waals surface area (Å²) in [6.45, 7) is 5.04. The average Bonchev–Trinajstić information content (AvgIpc) is 2.13. The van der Waals surface area contributed by atoms with Crippen LogP contribution in [0.25, 0.3) is 0 Å². The maximum absolute atomic E-state index is 10.9. The van der Waals surface area contributed by atoms with Crippen LogP contribution in [-0.4, -0.2) is 15.0 Å². The van der Waals surface area contributed by atoms with E-state index < -0.39 is 32.4 Å². The number of aromatic hydroxyl groups is 1. The van der Waals surface area contributed by atoms with Crippen LogP contribution in [0.4, 0.5) is 11.4 Å². The first-order valence-electron chi connectivity index (χ1n) is 4.81. The molecule has 17 heavy (non-hydrogen) atoms. The third-order valence-electron chi connectivity index (χ3n) is 2.24. The number of phenolic OH excluding ortho intramolecular Hbond substituents is 1. The summed E-state index contributed by atoms with van der Waals surface area (Å²) in [5, 5.41) is 31.1. The molecule has 1 aromatic rings. The SMILES string of the molecule is CC(C)(C)c1c(O)cc([N+](=O)[O-])cc1[N+](=O)[O-]. The number of phenols is 1. The molecule has 0 saturated carbocycles. The highest BCUT2D eigenvalue weighted by Gasteiger charge is 2.31. The average molecular weight is 240 g/mol. The summed E-state index contributed by atoms with van der Waals surface area (Å²) < 4.78 is 0. The van der Waals surface area contributed by atoms with E-state index >= 15 is 0 Å². The summed E-state index contributed by atoms with van der Waals surface area (Å²) in [5.41, 5.74) is -1.53. The van der Waals surface area contributed by atoms with Crippen molar-refractivity contribution >= 4 is 11.4 Å². The van der Waals surface area contributed by atoms with Crippen LogP contribution in [0.1, 0.15) is 26.3 Å². The van der Waals surface area contributed by atoms with Gasteiger partial charge in [0.15, 0.2) is 0 Å². The number of rotatable bonds is 2. The second kappa shape index (κ2) is 4.00. The van der Waals surface area contributed by atoms with E-state index in [2.05, 4.69) is 0 Å². The number of nitro benzene ring substituents is 2. The molecule has 7 nitrogen and oxygen atoms in total. The Morgan fingerprint density at radius 1 is 1.12 bits per heavy atom. The summed E-state index contributed by atoms with van der Waals surface area (Å²) in [6.07, 6.45) is 0. The molecule has 1 N–H and O–H groups in total. The first kappa shape index (κ1) is 12.9. The summed E-state index contributed by atoms with van der Waals surface area (Å²) in [5.74, 6) is -0.432. The minimum atomic E-state index is -0.779. The van der Waals surface area contributed by atoms with Gasteiger partial charge in [0.05, 0.1) is 27.5 Å². The molecule has 0 atom stereocenters. The Labute approximate surface area is 97.0 Å². The summed E-state index contributed by atoms with van der Waals surface area (Å²) in [6, 6.07) is 1.79. The molecule has 0 fully saturated rings. The molecule has 0 heterocycles. The zero-order valence-electron chi connectivity index (χ0n) is 9.63. The Bertz CT molecular complexity index is 490. The van der Waals surface area contributed by atoms with Gasteiger partial charge in [-0.1, -0.05) is 20.8 Å². The van der Waals surface area contributed by atoms with E-state index in [1.165, 1.54) is 0 Å². The molecule has 0 radical (unpaired) electrons. The third-order valence-corrected chi connectivity index (χ3v) is 2.24. The molecule has 0 spiro atoms. The van der Waals surface area contributed by atoms with Crippen LogP contribution in [0.3, 0.4) is 0 Å². The smallest absolute Gasteiger partial charge is 0.283 e. The van der Waals surface area contributed by atoms with Crippen LogP contribution in [0, 0.1) is 20.2 Å². The van der Waals surface area contributed by atoms with Gasteiger partial charge in [0.1, 0.15) is 5.75 Å². The molecular weight excluding hydrogens is 228 g/mol. The standard InChI is InChI=1S/C10H12N2O5/c1-10(2,3)9-7(12(16)17)4-6(11(14)15)5-8(9)13/h4-5,13H,1-3H3. The van der Waals surface area contributed by atoms with E-state index in [1.54, 1.807) is 20.8 Å². The van der Waals surface area contributed by atoms with Gasteiger partial charge in [-0.3, -0.25) is 20.2 Å². The predicted molar refractivity (Wildman–Crippen MR) is 60.1 cm³/mol. The lowest BCUT2D eigenvalue weighted by atomic mass is 9.85. The third kappa shape index (κ3) is 2.49. The van der Waals surface area contributed by atoms with Gasteiger partial charge in [-0.15, -0.1) is 0 Å². The number of non-ortho nitro benzene ring substituents is 1. The lowest BCUT2D eigenvalue weighted by molar-refractivity contribution is -0.394. The maximum atomic E-state index is 10.9. The van der Waals surface area contributed by atoms with E-state index in [1.807, 2.05) is 0 Å². The van der Waals surface area contributed by atoms with Crippen molar-refractivity contribution in [2.24, 2.45) is 0 Å². The molecule has 0 unspecified atom stereocenters. The van der Waals surface area contributed by atoms with Crippen molar-refractivity contribution in [3.05, 3.63) is 37.9 Å². The monoisotopic (exact) mass is 240 g/mol. The molecule has 7 heteroatoms. The number of hydrogen-bond donors (Lipinski definition) is 1. The first-order chi connectivity index (χ1) is 7.64. The van der Waals surface area contributed by atoms with Gasteiger partial charge in [-0.2, -0.15) is 0 Å². The highest BCUT2D eigenvalue weighted by molar-refractivity contribution is 5.59. The fourth-order valence-corrected chi connectivity index (χ4v) is 1.62. The second-order valence-electron chi connectivity index (χ2n) is 4.62. The van der Waals surface area contributed by atoms with Crippen molar-refractivity contribution < 1.29 is 15.0 Å². The number of nitrogens with zero attached hydrogens (tertiary/aromatic N) is 2. The van der Waals surface area contributed by atoms with Crippen molar-refractivity contribution in [2.45, 2.75) is 26.2 Å². The van der Waals surface area contributed by atoms with E-state index in [0.717, 1.165) is 12.1 Å².